The first-order chi connectivity index (χ1) is 12.2. The Morgan fingerprint density at radius 2 is 1.77 bits per heavy atom. The van der Waals surface area contributed by atoms with Gasteiger partial charge in [-0.2, -0.15) is 0 Å². The van der Waals surface area contributed by atoms with Gasteiger partial charge in [0, 0.05) is 20.5 Å². The Labute approximate surface area is 153 Å². The molecule has 1 fully saturated rings. The molecule has 10 heteroatoms. The lowest BCUT2D eigenvalue weighted by Gasteiger charge is -2.48. The van der Waals surface area contributed by atoms with Crippen LogP contribution in [0, 0.1) is 0 Å². The molecule has 0 aliphatic carbocycles. The first-order valence-electron chi connectivity index (χ1n) is 7.69. The SMILES string of the molecule is C=C.C=C.COC1(C(O)O)CC(O)C(NC(C)=O)C([C@H](O)[C@H](O)CO)O1. The number of rotatable bonds is 6. The normalized spacial score (nSPS) is 30.1. The second-order valence-electron chi connectivity index (χ2n) is 5.21. The fourth-order valence-electron chi connectivity index (χ4n) is 2.41. The molecule has 0 aromatic rings. The summed E-state index contributed by atoms with van der Waals surface area (Å²) in [6.45, 7) is 12.4. The van der Waals surface area contributed by atoms with E-state index in [0.717, 1.165) is 7.11 Å². The Hall–Kier alpha value is -1.37. The highest BCUT2D eigenvalue weighted by atomic mass is 16.7. The third-order valence-electron chi connectivity index (χ3n) is 3.62. The lowest BCUT2D eigenvalue weighted by atomic mass is 9.88. The lowest BCUT2D eigenvalue weighted by molar-refractivity contribution is -0.375. The zero-order valence-electron chi connectivity index (χ0n) is 15.1. The van der Waals surface area contributed by atoms with Crippen LogP contribution in [0.5, 0.6) is 0 Å². The number of hydrogen-bond donors (Lipinski definition) is 7. The van der Waals surface area contributed by atoms with Gasteiger partial charge in [0.2, 0.25) is 18.0 Å². The van der Waals surface area contributed by atoms with Crippen LogP contribution in [0.4, 0.5) is 0 Å². The molecule has 0 aromatic heterocycles. The fraction of sp³-hybridized carbons (Fsp3) is 0.688. The molecule has 0 spiro atoms. The molecule has 154 valence electrons. The second kappa shape index (κ2) is 12.9. The van der Waals surface area contributed by atoms with Gasteiger partial charge in [0.25, 0.3) is 0 Å². The maximum Gasteiger partial charge on any atom is 0.222 e. The molecule has 0 radical (unpaired) electrons. The van der Waals surface area contributed by atoms with E-state index < -0.39 is 61.5 Å². The highest BCUT2D eigenvalue weighted by molar-refractivity contribution is 5.73. The van der Waals surface area contributed by atoms with Crippen LogP contribution in [-0.4, -0.2) is 92.8 Å². The first-order valence-corrected chi connectivity index (χ1v) is 7.69. The molecular formula is C16H31NO9. The van der Waals surface area contributed by atoms with E-state index in [2.05, 4.69) is 31.6 Å². The molecule has 1 saturated heterocycles. The van der Waals surface area contributed by atoms with Crippen LogP contribution in [0.15, 0.2) is 26.3 Å². The van der Waals surface area contributed by atoms with E-state index in [-0.39, 0.29) is 0 Å². The van der Waals surface area contributed by atoms with Gasteiger partial charge in [0.1, 0.15) is 18.3 Å². The zero-order chi connectivity index (χ0) is 21.1. The Morgan fingerprint density at radius 3 is 2.12 bits per heavy atom. The number of nitrogens with one attached hydrogen (secondary N) is 1. The molecule has 1 amide bonds. The van der Waals surface area contributed by atoms with Crippen LogP contribution >= 0.6 is 0 Å². The number of carbonyl (C=O) groups is 1. The standard InChI is InChI=1S/C12H23NO9.2C2H4/c1-5(15)13-8-6(16)3-12(21-2,11(19)20)22-10(8)9(18)7(17)4-14;2*1-2/h6-11,14,16-20H,3-4H2,1-2H3,(H,13,15);2*1-2H2/t6?,7-,8?,9-,10?,12?;;/m1../s1. The molecule has 4 unspecified atom stereocenters. The summed E-state index contributed by atoms with van der Waals surface area (Å²) in [6.07, 6.45) is -8.69. The monoisotopic (exact) mass is 381 g/mol. The van der Waals surface area contributed by atoms with Gasteiger partial charge >= 0.3 is 0 Å². The van der Waals surface area contributed by atoms with Crippen molar-refractivity contribution in [2.45, 2.75) is 55.9 Å². The van der Waals surface area contributed by atoms with Crippen LogP contribution in [0.25, 0.3) is 0 Å². The first kappa shape index (κ1) is 26.9. The van der Waals surface area contributed by atoms with E-state index in [1.165, 1.54) is 6.92 Å². The van der Waals surface area contributed by atoms with E-state index in [4.69, 9.17) is 14.6 Å². The molecule has 6 atom stereocenters. The fourth-order valence-corrected chi connectivity index (χ4v) is 2.41. The number of carbonyl (C=O) groups excluding carboxylic acids is 1. The Bertz CT molecular complexity index is 407. The summed E-state index contributed by atoms with van der Waals surface area (Å²) in [6, 6.07) is -1.14. The number of amides is 1. The van der Waals surface area contributed by atoms with Gasteiger partial charge in [-0.3, -0.25) is 4.79 Å². The molecule has 10 nitrogen and oxygen atoms in total. The molecule has 1 heterocycles. The van der Waals surface area contributed by atoms with Gasteiger partial charge in [-0.15, -0.1) is 26.3 Å². The number of methoxy groups -OCH3 is 1. The minimum absolute atomic E-state index is 0.398. The van der Waals surface area contributed by atoms with E-state index in [9.17, 15) is 30.3 Å². The van der Waals surface area contributed by atoms with Gasteiger partial charge in [-0.05, 0) is 0 Å². The molecule has 1 rings (SSSR count). The summed E-state index contributed by atoms with van der Waals surface area (Å²) in [4.78, 5) is 11.2. The summed E-state index contributed by atoms with van der Waals surface area (Å²) in [5.74, 6) is -2.58. The predicted molar refractivity (Wildman–Crippen MR) is 92.7 cm³/mol. The van der Waals surface area contributed by atoms with Crippen molar-refractivity contribution in [3.63, 3.8) is 0 Å². The molecule has 7 N–H and O–H groups in total. The van der Waals surface area contributed by atoms with Crippen molar-refractivity contribution in [3.8, 4) is 0 Å². The third kappa shape index (κ3) is 6.74. The molecular weight excluding hydrogens is 350 g/mol. The van der Waals surface area contributed by atoms with Crippen molar-refractivity contribution in [3.05, 3.63) is 26.3 Å². The summed E-state index contributed by atoms with van der Waals surface area (Å²) in [5, 5.41) is 59.9. The Morgan fingerprint density at radius 1 is 1.27 bits per heavy atom. The van der Waals surface area contributed by atoms with Gasteiger partial charge < -0.3 is 45.4 Å². The van der Waals surface area contributed by atoms with E-state index in [0.29, 0.717) is 0 Å². The summed E-state index contributed by atoms with van der Waals surface area (Å²) in [7, 11) is 1.11. The Balaban J connectivity index is 0. The largest absolute Gasteiger partial charge is 0.394 e. The van der Waals surface area contributed by atoms with E-state index in [1.807, 2.05) is 0 Å². The molecule has 0 aromatic carbocycles. The minimum Gasteiger partial charge on any atom is -0.394 e. The zero-order valence-corrected chi connectivity index (χ0v) is 15.1. The summed E-state index contributed by atoms with van der Waals surface area (Å²) < 4.78 is 10.2. The predicted octanol–water partition coefficient (Wildman–Crippen LogP) is -2.39. The van der Waals surface area contributed by atoms with Gasteiger partial charge in [-0.1, -0.05) is 0 Å². The van der Waals surface area contributed by atoms with Crippen LogP contribution < -0.4 is 5.32 Å². The topological polar surface area (TPSA) is 169 Å². The molecule has 1 aliphatic rings. The van der Waals surface area contributed by atoms with Crippen molar-refractivity contribution in [1.29, 1.82) is 0 Å². The van der Waals surface area contributed by atoms with Gasteiger partial charge in [0.15, 0.2) is 0 Å². The van der Waals surface area contributed by atoms with E-state index >= 15 is 0 Å². The minimum atomic E-state index is -2.15. The molecule has 0 saturated carbocycles. The van der Waals surface area contributed by atoms with Crippen LogP contribution in [0.2, 0.25) is 0 Å². The number of aliphatic hydroxyl groups is 6. The van der Waals surface area contributed by atoms with E-state index in [1.54, 1.807) is 0 Å². The number of hydrogen-bond acceptors (Lipinski definition) is 9. The van der Waals surface area contributed by atoms with Crippen molar-refractivity contribution in [2.75, 3.05) is 13.7 Å². The van der Waals surface area contributed by atoms with Crippen molar-refractivity contribution in [1.82, 2.24) is 5.32 Å². The van der Waals surface area contributed by atoms with Crippen molar-refractivity contribution in [2.24, 2.45) is 0 Å². The van der Waals surface area contributed by atoms with Crippen molar-refractivity contribution >= 4 is 5.91 Å². The number of aliphatic hydroxyl groups excluding tert-OH is 5. The Kier molecular flexibility index (Phi) is 13.3. The lowest BCUT2D eigenvalue weighted by Crippen LogP contribution is -2.68. The second-order valence-corrected chi connectivity index (χ2v) is 5.21. The third-order valence-corrected chi connectivity index (χ3v) is 3.62. The average Bonchev–Trinajstić information content (AvgIpc) is 2.64. The highest BCUT2D eigenvalue weighted by Gasteiger charge is 2.54. The van der Waals surface area contributed by atoms with Crippen LogP contribution in [0.1, 0.15) is 13.3 Å². The van der Waals surface area contributed by atoms with Gasteiger partial charge in [-0.25, -0.2) is 0 Å². The number of ether oxygens (including phenoxy) is 2. The maximum atomic E-state index is 11.2. The quantitative estimate of drug-likeness (QED) is 0.196. The van der Waals surface area contributed by atoms with Crippen molar-refractivity contribution < 1.29 is 44.9 Å². The average molecular weight is 381 g/mol. The molecule has 26 heavy (non-hydrogen) atoms. The highest BCUT2D eigenvalue weighted by Crippen LogP contribution is 2.34. The summed E-state index contributed by atoms with van der Waals surface area (Å²) in [5.41, 5.74) is 0. The van der Waals surface area contributed by atoms with Gasteiger partial charge in [0.05, 0.1) is 18.8 Å². The molecule has 0 bridgehead atoms. The van der Waals surface area contributed by atoms with Crippen LogP contribution in [0.3, 0.4) is 0 Å². The smallest absolute Gasteiger partial charge is 0.222 e. The maximum absolute atomic E-state index is 11.2. The van der Waals surface area contributed by atoms with Crippen LogP contribution in [-0.2, 0) is 14.3 Å². The molecule has 1 aliphatic heterocycles. The summed E-state index contributed by atoms with van der Waals surface area (Å²) >= 11 is 0.